The summed E-state index contributed by atoms with van der Waals surface area (Å²) in [5.74, 6) is 0.391. The van der Waals surface area contributed by atoms with Crippen molar-refractivity contribution in [3.05, 3.63) is 40.8 Å². The van der Waals surface area contributed by atoms with Gasteiger partial charge in [0.05, 0.1) is 11.1 Å². The highest BCUT2D eigenvalue weighted by molar-refractivity contribution is 5.70. The van der Waals surface area contributed by atoms with Crippen molar-refractivity contribution in [3.8, 4) is 11.5 Å². The zero-order valence-electron chi connectivity index (χ0n) is 11.6. The van der Waals surface area contributed by atoms with Gasteiger partial charge in [-0.3, -0.25) is 10.1 Å². The van der Waals surface area contributed by atoms with E-state index in [-0.39, 0.29) is 10.6 Å². The highest BCUT2D eigenvalue weighted by Crippen LogP contribution is 2.32. The first-order valence-electron chi connectivity index (χ1n) is 7.19. The number of hydrogen-bond donors (Lipinski definition) is 1. The molecule has 6 nitrogen and oxygen atoms in total. The molecule has 110 valence electrons. The minimum atomic E-state index is -0.363. The molecule has 1 heterocycles. The Morgan fingerprint density at radius 2 is 2.10 bits per heavy atom. The van der Waals surface area contributed by atoms with Crippen molar-refractivity contribution in [1.82, 2.24) is 4.98 Å². The Balaban J connectivity index is 1.87. The minimum absolute atomic E-state index is 0.0660. The molecule has 1 fully saturated rings. The van der Waals surface area contributed by atoms with E-state index in [2.05, 4.69) is 10.3 Å². The molecule has 0 atom stereocenters. The maximum Gasteiger partial charge on any atom is 0.293 e. The molecule has 1 aliphatic carbocycles. The zero-order valence-corrected chi connectivity index (χ0v) is 11.6. The number of aromatic nitrogens is 1. The summed E-state index contributed by atoms with van der Waals surface area (Å²) in [5.41, 5.74) is 1.25. The van der Waals surface area contributed by atoms with Crippen LogP contribution in [-0.2, 0) is 0 Å². The molecule has 0 spiro atoms. The van der Waals surface area contributed by atoms with Crippen LogP contribution >= 0.6 is 0 Å². The maximum absolute atomic E-state index is 11.3. The third-order valence-electron chi connectivity index (χ3n) is 3.84. The normalized spacial score (nSPS) is 15.8. The van der Waals surface area contributed by atoms with Crippen LogP contribution in [0.5, 0.6) is 0 Å². The van der Waals surface area contributed by atoms with Gasteiger partial charge in [0.15, 0.2) is 0 Å². The number of nitro benzene ring substituents is 1. The Morgan fingerprint density at radius 3 is 2.76 bits per heavy atom. The summed E-state index contributed by atoms with van der Waals surface area (Å²) in [6.45, 7) is 0. The van der Waals surface area contributed by atoms with Gasteiger partial charge in [-0.15, -0.1) is 0 Å². The number of nitrogens with one attached hydrogen (secondary N) is 1. The number of hydrogen-bond acceptors (Lipinski definition) is 5. The molecule has 21 heavy (non-hydrogen) atoms. The molecule has 1 saturated carbocycles. The largest absolute Gasteiger partial charge is 0.445 e. The number of anilines is 1. The molecular formula is C15H17N3O3. The molecule has 1 N–H and O–H groups in total. The summed E-state index contributed by atoms with van der Waals surface area (Å²) in [6.07, 6.45) is 8.73. The first-order chi connectivity index (χ1) is 10.2. The standard InChI is InChI=1S/C15H17N3O3/c19-18(20)14-10-11(15-16-8-9-21-15)6-7-13(14)17-12-4-2-1-3-5-12/h6-10,12,17H,1-5H2. The quantitative estimate of drug-likeness (QED) is 0.679. The molecule has 2 aromatic rings. The molecule has 0 saturated heterocycles. The fourth-order valence-corrected chi connectivity index (χ4v) is 2.77. The predicted octanol–water partition coefficient (Wildman–Crippen LogP) is 3.99. The molecule has 1 aromatic heterocycles. The number of nitrogens with zero attached hydrogens (tertiary/aromatic N) is 2. The second-order valence-corrected chi connectivity index (χ2v) is 5.31. The van der Waals surface area contributed by atoms with Crippen LogP contribution in [0.4, 0.5) is 11.4 Å². The lowest BCUT2D eigenvalue weighted by Gasteiger charge is -2.23. The first-order valence-corrected chi connectivity index (χ1v) is 7.19. The fraction of sp³-hybridized carbons (Fsp3) is 0.400. The zero-order chi connectivity index (χ0) is 14.7. The van der Waals surface area contributed by atoms with E-state index in [1.807, 2.05) is 0 Å². The van der Waals surface area contributed by atoms with Crippen molar-refractivity contribution in [2.45, 2.75) is 38.1 Å². The van der Waals surface area contributed by atoms with Gasteiger partial charge in [0.1, 0.15) is 12.0 Å². The van der Waals surface area contributed by atoms with E-state index < -0.39 is 0 Å². The van der Waals surface area contributed by atoms with Crippen molar-refractivity contribution in [2.24, 2.45) is 0 Å². The Labute approximate surface area is 122 Å². The summed E-state index contributed by atoms with van der Waals surface area (Å²) in [6, 6.07) is 5.37. The molecule has 3 rings (SSSR count). The Bertz CT molecular complexity index is 619. The predicted molar refractivity (Wildman–Crippen MR) is 79.1 cm³/mol. The molecular weight excluding hydrogens is 270 g/mol. The lowest BCUT2D eigenvalue weighted by molar-refractivity contribution is -0.383. The Morgan fingerprint density at radius 1 is 1.29 bits per heavy atom. The highest BCUT2D eigenvalue weighted by Gasteiger charge is 2.20. The van der Waals surface area contributed by atoms with Crippen LogP contribution in [0.15, 0.2) is 35.1 Å². The van der Waals surface area contributed by atoms with Gasteiger partial charge in [-0.05, 0) is 25.0 Å². The van der Waals surface area contributed by atoms with Crippen LogP contribution in [0.2, 0.25) is 0 Å². The van der Waals surface area contributed by atoms with Gasteiger partial charge in [0.2, 0.25) is 5.89 Å². The average Bonchev–Trinajstić information content (AvgIpc) is 3.03. The number of nitro groups is 1. The monoisotopic (exact) mass is 287 g/mol. The molecule has 1 aliphatic rings. The summed E-state index contributed by atoms with van der Waals surface area (Å²) >= 11 is 0. The van der Waals surface area contributed by atoms with Crippen molar-refractivity contribution in [3.63, 3.8) is 0 Å². The van der Waals surface area contributed by atoms with Crippen LogP contribution in [0.25, 0.3) is 11.5 Å². The van der Waals surface area contributed by atoms with Crippen LogP contribution in [0.3, 0.4) is 0 Å². The third-order valence-corrected chi connectivity index (χ3v) is 3.84. The SMILES string of the molecule is O=[N+]([O-])c1cc(-c2ncco2)ccc1NC1CCCCC1. The smallest absolute Gasteiger partial charge is 0.293 e. The van der Waals surface area contributed by atoms with Crippen LogP contribution in [-0.4, -0.2) is 15.9 Å². The van der Waals surface area contributed by atoms with Gasteiger partial charge in [-0.2, -0.15) is 0 Å². The van der Waals surface area contributed by atoms with E-state index in [9.17, 15) is 10.1 Å². The molecule has 6 heteroatoms. The van der Waals surface area contributed by atoms with Crippen molar-refractivity contribution < 1.29 is 9.34 Å². The van der Waals surface area contributed by atoms with Gasteiger partial charge >= 0.3 is 0 Å². The van der Waals surface area contributed by atoms with Crippen molar-refractivity contribution >= 4 is 11.4 Å². The highest BCUT2D eigenvalue weighted by atomic mass is 16.6. The van der Waals surface area contributed by atoms with Gasteiger partial charge in [0, 0.05) is 17.7 Å². The minimum Gasteiger partial charge on any atom is -0.445 e. The van der Waals surface area contributed by atoms with Crippen LogP contribution in [0.1, 0.15) is 32.1 Å². The molecule has 0 bridgehead atoms. The average molecular weight is 287 g/mol. The first kappa shape index (κ1) is 13.6. The Hall–Kier alpha value is -2.37. The van der Waals surface area contributed by atoms with Crippen molar-refractivity contribution in [2.75, 3.05) is 5.32 Å². The molecule has 1 aromatic carbocycles. The summed E-state index contributed by atoms with van der Waals surface area (Å²) in [7, 11) is 0. The van der Waals surface area contributed by atoms with Crippen LogP contribution < -0.4 is 5.32 Å². The van der Waals surface area contributed by atoms with Gasteiger partial charge in [0.25, 0.3) is 5.69 Å². The second-order valence-electron chi connectivity index (χ2n) is 5.31. The van der Waals surface area contributed by atoms with Crippen molar-refractivity contribution in [1.29, 1.82) is 0 Å². The van der Waals surface area contributed by atoms with Crippen LogP contribution in [0, 0.1) is 10.1 Å². The van der Waals surface area contributed by atoms with Gasteiger partial charge < -0.3 is 9.73 Å². The fourth-order valence-electron chi connectivity index (χ4n) is 2.77. The van der Waals surface area contributed by atoms with Gasteiger partial charge in [-0.25, -0.2) is 4.98 Å². The van der Waals surface area contributed by atoms with E-state index >= 15 is 0 Å². The molecule has 0 unspecified atom stereocenters. The summed E-state index contributed by atoms with van der Waals surface area (Å²) in [4.78, 5) is 15.0. The number of benzene rings is 1. The third kappa shape index (κ3) is 3.04. The van der Waals surface area contributed by atoms with E-state index in [0.29, 0.717) is 23.2 Å². The lowest BCUT2D eigenvalue weighted by atomic mass is 9.95. The second kappa shape index (κ2) is 5.95. The van der Waals surface area contributed by atoms with E-state index in [1.54, 1.807) is 12.1 Å². The number of rotatable bonds is 4. The van der Waals surface area contributed by atoms with E-state index in [4.69, 9.17) is 4.42 Å². The maximum atomic E-state index is 11.3. The van der Waals surface area contributed by atoms with E-state index in [0.717, 1.165) is 12.8 Å². The number of oxazole rings is 1. The Kier molecular flexibility index (Phi) is 3.85. The molecule has 0 aliphatic heterocycles. The summed E-state index contributed by atoms with van der Waals surface area (Å²) < 4.78 is 5.19. The lowest BCUT2D eigenvalue weighted by Crippen LogP contribution is -2.22. The molecule has 0 amide bonds. The molecule has 0 radical (unpaired) electrons. The van der Waals surface area contributed by atoms with E-state index in [1.165, 1.54) is 37.8 Å². The van der Waals surface area contributed by atoms with Gasteiger partial charge in [-0.1, -0.05) is 19.3 Å². The topological polar surface area (TPSA) is 81.2 Å². The summed E-state index contributed by atoms with van der Waals surface area (Å²) in [5, 5.41) is 14.6.